The number of amides is 2. The van der Waals surface area contributed by atoms with E-state index in [-0.39, 0.29) is 0 Å². The third-order valence-corrected chi connectivity index (χ3v) is 3.43. The molecule has 0 aromatic rings. The molecule has 0 fully saturated rings. The van der Waals surface area contributed by atoms with Gasteiger partial charge in [-0.1, -0.05) is 6.92 Å². The fourth-order valence-electron chi connectivity index (χ4n) is 1.06. The van der Waals surface area contributed by atoms with Crippen LogP contribution in [0, 0.1) is 0 Å². The topological polar surface area (TPSA) is 69.6 Å². The van der Waals surface area contributed by atoms with Gasteiger partial charge in [0.25, 0.3) is 0 Å². The van der Waals surface area contributed by atoms with Crippen molar-refractivity contribution in [2.24, 2.45) is 0 Å². The Morgan fingerprint density at radius 1 is 1.21 bits per heavy atom. The zero-order valence-electron chi connectivity index (χ0n) is 11.6. The van der Waals surface area contributed by atoms with Gasteiger partial charge in [0.2, 0.25) is 5.54 Å². The van der Waals surface area contributed by atoms with Crippen molar-refractivity contribution in [1.82, 2.24) is 10.2 Å². The Kier molecular flexibility index (Phi) is 4.85. The van der Waals surface area contributed by atoms with Crippen LogP contribution < -0.4 is 5.32 Å². The van der Waals surface area contributed by atoms with Crippen LogP contribution in [0.2, 0.25) is 0 Å². The number of carbonyl (C=O) groups is 2. The Morgan fingerprint density at radius 2 is 1.63 bits per heavy atom. The van der Waals surface area contributed by atoms with Crippen LogP contribution in [0.4, 0.5) is 18.0 Å². The number of hydrogen-bond acceptors (Lipinski definition) is 2. The monoisotopic (exact) mass is 284 g/mol. The third-order valence-electron chi connectivity index (χ3n) is 3.43. The van der Waals surface area contributed by atoms with Crippen molar-refractivity contribution in [2.75, 3.05) is 7.05 Å². The van der Waals surface area contributed by atoms with E-state index in [1.807, 2.05) is 0 Å². The summed E-state index contributed by atoms with van der Waals surface area (Å²) in [5.41, 5.74) is -4.00. The molecule has 112 valence electrons. The molecule has 0 aliphatic rings. The standard InChI is InChI=1S/C11H19F3N2O3/c1-6-9(2,3)16(5)8(19)15-10(4,7(17)18)11(12,13)14/h6H2,1-5H3,(H,15,19)(H,17,18). The summed E-state index contributed by atoms with van der Waals surface area (Å²) >= 11 is 0. The van der Waals surface area contributed by atoms with Crippen molar-refractivity contribution in [2.45, 2.75) is 51.4 Å². The number of carboxylic acids is 1. The number of hydrogen-bond donors (Lipinski definition) is 2. The van der Waals surface area contributed by atoms with Gasteiger partial charge in [-0.25, -0.2) is 9.59 Å². The Morgan fingerprint density at radius 3 is 1.89 bits per heavy atom. The highest BCUT2D eigenvalue weighted by atomic mass is 19.4. The van der Waals surface area contributed by atoms with E-state index in [9.17, 15) is 22.8 Å². The molecular formula is C11H19F3N2O3. The van der Waals surface area contributed by atoms with Crippen molar-refractivity contribution in [3.05, 3.63) is 0 Å². The molecule has 1 atom stereocenters. The van der Waals surface area contributed by atoms with E-state index in [1.54, 1.807) is 20.8 Å². The van der Waals surface area contributed by atoms with Crippen LogP contribution in [0.5, 0.6) is 0 Å². The molecule has 0 heterocycles. The van der Waals surface area contributed by atoms with Gasteiger partial charge in [-0.2, -0.15) is 13.2 Å². The SMILES string of the molecule is CCC(C)(C)N(C)C(=O)NC(C)(C(=O)O)C(F)(F)F. The second-order valence-electron chi connectivity index (χ2n) is 5.08. The minimum absolute atomic E-state index is 0.417. The molecule has 0 saturated heterocycles. The minimum Gasteiger partial charge on any atom is -0.479 e. The summed E-state index contributed by atoms with van der Waals surface area (Å²) in [5, 5.41) is 10.2. The molecule has 0 spiro atoms. The molecule has 19 heavy (non-hydrogen) atoms. The highest BCUT2D eigenvalue weighted by molar-refractivity contribution is 5.87. The lowest BCUT2D eigenvalue weighted by atomic mass is 9.99. The van der Waals surface area contributed by atoms with E-state index < -0.39 is 29.3 Å². The first-order valence-corrected chi connectivity index (χ1v) is 5.65. The average Bonchev–Trinajstić information content (AvgIpc) is 2.25. The molecule has 0 aliphatic heterocycles. The van der Waals surface area contributed by atoms with Gasteiger partial charge in [0, 0.05) is 12.6 Å². The van der Waals surface area contributed by atoms with Crippen LogP contribution in [0.1, 0.15) is 34.1 Å². The molecular weight excluding hydrogens is 265 g/mol. The van der Waals surface area contributed by atoms with Crippen LogP contribution in [0.15, 0.2) is 0 Å². The molecule has 0 aliphatic carbocycles. The average molecular weight is 284 g/mol. The van der Waals surface area contributed by atoms with Crippen molar-refractivity contribution >= 4 is 12.0 Å². The van der Waals surface area contributed by atoms with E-state index in [0.29, 0.717) is 13.3 Å². The highest BCUT2D eigenvalue weighted by Gasteiger charge is 2.59. The normalized spacial score (nSPS) is 15.6. The number of alkyl halides is 3. The lowest BCUT2D eigenvalue weighted by molar-refractivity contribution is -0.203. The molecule has 0 aromatic carbocycles. The largest absolute Gasteiger partial charge is 0.479 e. The van der Waals surface area contributed by atoms with Gasteiger partial charge in [0.1, 0.15) is 0 Å². The van der Waals surface area contributed by atoms with E-state index in [1.165, 1.54) is 12.4 Å². The zero-order chi connectivity index (χ0) is 15.6. The predicted molar refractivity (Wildman–Crippen MR) is 62.8 cm³/mol. The van der Waals surface area contributed by atoms with Crippen LogP contribution in [-0.4, -0.2) is 46.3 Å². The number of carboxylic acid groups (broad SMARTS) is 1. The molecule has 0 aromatic heterocycles. The van der Waals surface area contributed by atoms with E-state index in [4.69, 9.17) is 5.11 Å². The Hall–Kier alpha value is -1.47. The van der Waals surface area contributed by atoms with E-state index in [0.717, 1.165) is 4.90 Å². The summed E-state index contributed by atoms with van der Waals surface area (Å²) < 4.78 is 38.2. The first-order chi connectivity index (χ1) is 8.29. The lowest BCUT2D eigenvalue weighted by Gasteiger charge is -2.37. The number of carbonyl (C=O) groups excluding carboxylic acids is 1. The minimum atomic E-state index is -5.09. The molecule has 1 unspecified atom stereocenters. The Balaban J connectivity index is 5.21. The smallest absolute Gasteiger partial charge is 0.422 e. The number of halogens is 3. The van der Waals surface area contributed by atoms with Gasteiger partial charge < -0.3 is 15.3 Å². The van der Waals surface area contributed by atoms with E-state index in [2.05, 4.69) is 0 Å². The first-order valence-electron chi connectivity index (χ1n) is 5.65. The fraction of sp³-hybridized carbons (Fsp3) is 0.818. The highest BCUT2D eigenvalue weighted by Crippen LogP contribution is 2.31. The Labute approximate surface area is 109 Å². The maximum atomic E-state index is 12.7. The summed E-state index contributed by atoms with van der Waals surface area (Å²) in [6.45, 7) is 5.51. The summed E-state index contributed by atoms with van der Waals surface area (Å²) in [4.78, 5) is 23.6. The lowest BCUT2D eigenvalue weighted by Crippen LogP contribution is -2.65. The number of nitrogens with one attached hydrogen (secondary N) is 1. The maximum Gasteiger partial charge on any atom is 0.422 e. The zero-order valence-corrected chi connectivity index (χ0v) is 11.6. The van der Waals surface area contributed by atoms with Gasteiger partial charge in [-0.3, -0.25) is 0 Å². The molecule has 8 heteroatoms. The number of rotatable bonds is 4. The van der Waals surface area contributed by atoms with Crippen molar-refractivity contribution in [3.8, 4) is 0 Å². The molecule has 5 nitrogen and oxygen atoms in total. The molecule has 0 bridgehead atoms. The van der Waals surface area contributed by atoms with Crippen molar-refractivity contribution in [3.63, 3.8) is 0 Å². The molecule has 2 amide bonds. The number of nitrogens with zero attached hydrogens (tertiary/aromatic N) is 1. The summed E-state index contributed by atoms with van der Waals surface area (Å²) in [6.07, 6.45) is -4.58. The Bertz CT molecular complexity index is 369. The maximum absolute atomic E-state index is 12.7. The van der Waals surface area contributed by atoms with Gasteiger partial charge in [0.15, 0.2) is 0 Å². The summed E-state index contributed by atoms with van der Waals surface area (Å²) in [5.74, 6) is -2.16. The van der Waals surface area contributed by atoms with Crippen LogP contribution in [0.25, 0.3) is 0 Å². The second-order valence-corrected chi connectivity index (χ2v) is 5.08. The third kappa shape index (κ3) is 3.51. The second kappa shape index (κ2) is 5.26. The van der Waals surface area contributed by atoms with Crippen LogP contribution in [0.3, 0.4) is 0 Å². The number of aliphatic carboxylic acids is 1. The van der Waals surface area contributed by atoms with Gasteiger partial charge in [0.05, 0.1) is 0 Å². The van der Waals surface area contributed by atoms with E-state index >= 15 is 0 Å². The van der Waals surface area contributed by atoms with Gasteiger partial charge >= 0.3 is 18.2 Å². The fourth-order valence-corrected chi connectivity index (χ4v) is 1.06. The molecule has 0 radical (unpaired) electrons. The molecule has 0 saturated carbocycles. The number of urea groups is 1. The predicted octanol–water partition coefficient (Wildman–Crippen LogP) is 2.22. The van der Waals surface area contributed by atoms with Gasteiger partial charge in [-0.15, -0.1) is 0 Å². The summed E-state index contributed by atoms with van der Waals surface area (Å²) in [6, 6.07) is -1.09. The van der Waals surface area contributed by atoms with Crippen LogP contribution in [-0.2, 0) is 4.79 Å². The van der Waals surface area contributed by atoms with Crippen molar-refractivity contribution in [1.29, 1.82) is 0 Å². The summed E-state index contributed by atoms with van der Waals surface area (Å²) in [7, 11) is 1.32. The molecule has 2 N–H and O–H groups in total. The van der Waals surface area contributed by atoms with Gasteiger partial charge in [-0.05, 0) is 27.2 Å². The quantitative estimate of drug-likeness (QED) is 0.831. The molecule has 0 rings (SSSR count). The first kappa shape index (κ1) is 17.5. The van der Waals surface area contributed by atoms with Crippen LogP contribution >= 0.6 is 0 Å². The van der Waals surface area contributed by atoms with Crippen molar-refractivity contribution < 1.29 is 27.9 Å².